The average Bonchev–Trinajstić information content (AvgIpc) is 2.80. The summed E-state index contributed by atoms with van der Waals surface area (Å²) in [6.07, 6.45) is 4.95. The Morgan fingerprint density at radius 2 is 2.21 bits per heavy atom. The summed E-state index contributed by atoms with van der Waals surface area (Å²) in [6, 6.07) is 5.52. The molecule has 0 aliphatic rings. The Kier molecular flexibility index (Phi) is 4.00. The highest BCUT2D eigenvalue weighted by Gasteiger charge is 2.13. The van der Waals surface area contributed by atoms with E-state index < -0.39 is 0 Å². The maximum Gasteiger partial charge on any atom is 0.172 e. The lowest BCUT2D eigenvalue weighted by molar-refractivity contribution is 0.0990. The zero-order valence-corrected chi connectivity index (χ0v) is 11.4. The van der Waals surface area contributed by atoms with Crippen molar-refractivity contribution >= 4 is 11.5 Å². The van der Waals surface area contributed by atoms with Gasteiger partial charge in [-0.1, -0.05) is 18.6 Å². The second-order valence-electron chi connectivity index (χ2n) is 4.73. The first-order chi connectivity index (χ1) is 9.11. The number of nitrogens with zero attached hydrogens (tertiary/aromatic N) is 2. The van der Waals surface area contributed by atoms with Crippen molar-refractivity contribution in [1.29, 1.82) is 0 Å². The number of nitrogen functional groups attached to an aromatic ring is 1. The molecule has 1 aromatic heterocycles. The van der Waals surface area contributed by atoms with E-state index in [0.29, 0.717) is 17.7 Å². The van der Waals surface area contributed by atoms with Gasteiger partial charge < -0.3 is 10.3 Å². The van der Waals surface area contributed by atoms with Gasteiger partial charge in [-0.15, -0.1) is 0 Å². The molecular formula is C15H19N3O. The Morgan fingerprint density at radius 1 is 1.42 bits per heavy atom. The van der Waals surface area contributed by atoms with Gasteiger partial charge in [0, 0.05) is 30.2 Å². The molecule has 0 saturated carbocycles. The summed E-state index contributed by atoms with van der Waals surface area (Å²) >= 11 is 0. The molecule has 1 aromatic carbocycles. The number of carbonyl (C=O) groups is 1. The lowest BCUT2D eigenvalue weighted by Crippen LogP contribution is -2.12. The maximum absolute atomic E-state index is 12.3. The number of imidazole rings is 1. The average molecular weight is 257 g/mol. The molecule has 0 aliphatic carbocycles. The van der Waals surface area contributed by atoms with Crippen LogP contribution in [0.5, 0.6) is 0 Å². The van der Waals surface area contributed by atoms with Gasteiger partial charge in [0.05, 0.1) is 6.42 Å². The molecule has 0 bridgehead atoms. The maximum atomic E-state index is 12.3. The normalized spacial score (nSPS) is 10.6. The van der Waals surface area contributed by atoms with Crippen LogP contribution in [0.15, 0.2) is 30.6 Å². The van der Waals surface area contributed by atoms with E-state index in [2.05, 4.69) is 11.9 Å². The lowest BCUT2D eigenvalue weighted by Gasteiger charge is -2.08. The summed E-state index contributed by atoms with van der Waals surface area (Å²) in [5.41, 5.74) is 8.03. The van der Waals surface area contributed by atoms with Crippen molar-refractivity contribution in [3.05, 3.63) is 47.5 Å². The number of nitrogens with two attached hydrogens (primary N) is 1. The Morgan fingerprint density at radius 3 is 2.95 bits per heavy atom. The molecular weight excluding hydrogens is 238 g/mol. The Bertz CT molecular complexity index is 587. The van der Waals surface area contributed by atoms with Gasteiger partial charge in [0.15, 0.2) is 5.78 Å². The van der Waals surface area contributed by atoms with Gasteiger partial charge in [-0.3, -0.25) is 4.79 Å². The van der Waals surface area contributed by atoms with E-state index in [1.54, 1.807) is 12.3 Å². The summed E-state index contributed by atoms with van der Waals surface area (Å²) in [5, 5.41) is 0. The number of ketones is 1. The van der Waals surface area contributed by atoms with Crippen LogP contribution in [0.3, 0.4) is 0 Å². The third-order valence-corrected chi connectivity index (χ3v) is 3.09. The van der Waals surface area contributed by atoms with Gasteiger partial charge in [0.1, 0.15) is 5.82 Å². The molecule has 4 nitrogen and oxygen atoms in total. The number of Topliss-reactive ketones (excluding diaryl/α,β-unsaturated/α-hetero) is 1. The van der Waals surface area contributed by atoms with E-state index in [1.165, 1.54) is 0 Å². The second kappa shape index (κ2) is 5.69. The van der Waals surface area contributed by atoms with Gasteiger partial charge in [-0.2, -0.15) is 0 Å². The number of aryl methyl sites for hydroxylation is 2. The minimum Gasteiger partial charge on any atom is -0.398 e. The van der Waals surface area contributed by atoms with E-state index >= 15 is 0 Å². The summed E-state index contributed by atoms with van der Waals surface area (Å²) < 4.78 is 2.02. The highest BCUT2D eigenvalue weighted by Crippen LogP contribution is 2.16. The van der Waals surface area contributed by atoms with Crippen LogP contribution in [0.25, 0.3) is 0 Å². The fourth-order valence-electron chi connectivity index (χ4n) is 2.10. The van der Waals surface area contributed by atoms with E-state index in [4.69, 9.17) is 5.73 Å². The van der Waals surface area contributed by atoms with E-state index in [1.807, 2.05) is 29.8 Å². The monoisotopic (exact) mass is 257 g/mol. The molecule has 4 heteroatoms. The molecule has 0 fully saturated rings. The predicted molar refractivity (Wildman–Crippen MR) is 76.1 cm³/mol. The van der Waals surface area contributed by atoms with E-state index in [9.17, 15) is 4.79 Å². The van der Waals surface area contributed by atoms with Crippen LogP contribution in [-0.2, 0) is 13.0 Å². The summed E-state index contributed by atoms with van der Waals surface area (Å²) in [6.45, 7) is 4.93. The molecule has 1 heterocycles. The molecule has 0 radical (unpaired) electrons. The number of benzene rings is 1. The number of aromatic nitrogens is 2. The Hall–Kier alpha value is -2.10. The largest absolute Gasteiger partial charge is 0.398 e. The zero-order chi connectivity index (χ0) is 13.8. The van der Waals surface area contributed by atoms with Crippen LogP contribution < -0.4 is 5.73 Å². The lowest BCUT2D eigenvalue weighted by atomic mass is 10.0. The smallest absolute Gasteiger partial charge is 0.172 e. The van der Waals surface area contributed by atoms with Crippen molar-refractivity contribution in [3.8, 4) is 0 Å². The quantitative estimate of drug-likeness (QED) is 0.661. The topological polar surface area (TPSA) is 60.9 Å². The summed E-state index contributed by atoms with van der Waals surface area (Å²) in [4.78, 5) is 16.6. The van der Waals surface area contributed by atoms with Gasteiger partial charge >= 0.3 is 0 Å². The Labute approximate surface area is 113 Å². The third-order valence-electron chi connectivity index (χ3n) is 3.09. The molecule has 100 valence electrons. The fraction of sp³-hybridized carbons (Fsp3) is 0.333. The molecule has 0 aliphatic heterocycles. The van der Waals surface area contributed by atoms with Crippen molar-refractivity contribution in [3.63, 3.8) is 0 Å². The molecule has 19 heavy (non-hydrogen) atoms. The van der Waals surface area contributed by atoms with E-state index in [0.717, 1.165) is 24.4 Å². The van der Waals surface area contributed by atoms with Crippen LogP contribution in [0.2, 0.25) is 0 Å². The van der Waals surface area contributed by atoms with Crippen molar-refractivity contribution in [2.75, 3.05) is 5.73 Å². The molecule has 0 spiro atoms. The van der Waals surface area contributed by atoms with Gasteiger partial charge in [0.25, 0.3) is 0 Å². The molecule has 0 atom stereocenters. The van der Waals surface area contributed by atoms with E-state index in [-0.39, 0.29) is 5.78 Å². The van der Waals surface area contributed by atoms with Gasteiger partial charge in [-0.05, 0) is 25.5 Å². The van der Waals surface area contributed by atoms with Crippen molar-refractivity contribution < 1.29 is 4.79 Å². The number of carbonyl (C=O) groups excluding carboxylic acids is 1. The zero-order valence-electron chi connectivity index (χ0n) is 11.4. The predicted octanol–water partition coefficient (Wildman–Crippen LogP) is 2.61. The van der Waals surface area contributed by atoms with Crippen LogP contribution >= 0.6 is 0 Å². The number of hydrogen-bond acceptors (Lipinski definition) is 3. The first kappa shape index (κ1) is 13.3. The van der Waals surface area contributed by atoms with Gasteiger partial charge in [-0.25, -0.2) is 4.98 Å². The SMILES string of the molecule is CCCn1ccnc1CC(=O)c1cc(C)ccc1N. The molecule has 0 amide bonds. The van der Waals surface area contributed by atoms with Crippen LogP contribution in [-0.4, -0.2) is 15.3 Å². The first-order valence-electron chi connectivity index (χ1n) is 6.51. The number of anilines is 1. The number of rotatable bonds is 5. The highest BCUT2D eigenvalue weighted by molar-refractivity contribution is 6.01. The molecule has 2 aromatic rings. The minimum atomic E-state index is 0.0183. The fourth-order valence-corrected chi connectivity index (χ4v) is 2.10. The van der Waals surface area contributed by atoms with Crippen molar-refractivity contribution in [1.82, 2.24) is 9.55 Å². The van der Waals surface area contributed by atoms with Crippen LogP contribution in [0, 0.1) is 6.92 Å². The van der Waals surface area contributed by atoms with Crippen molar-refractivity contribution in [2.24, 2.45) is 0 Å². The van der Waals surface area contributed by atoms with Gasteiger partial charge in [0.2, 0.25) is 0 Å². The molecule has 2 N–H and O–H groups in total. The highest BCUT2D eigenvalue weighted by atomic mass is 16.1. The third kappa shape index (κ3) is 3.02. The summed E-state index contributed by atoms with van der Waals surface area (Å²) in [5.74, 6) is 0.817. The minimum absolute atomic E-state index is 0.0183. The summed E-state index contributed by atoms with van der Waals surface area (Å²) in [7, 11) is 0. The Balaban J connectivity index is 2.21. The second-order valence-corrected chi connectivity index (χ2v) is 4.73. The molecule has 0 unspecified atom stereocenters. The number of hydrogen-bond donors (Lipinski definition) is 1. The van der Waals surface area contributed by atoms with Crippen LogP contribution in [0.4, 0.5) is 5.69 Å². The first-order valence-corrected chi connectivity index (χ1v) is 6.51. The molecule has 2 rings (SSSR count). The van der Waals surface area contributed by atoms with Crippen LogP contribution in [0.1, 0.15) is 35.1 Å². The molecule has 0 saturated heterocycles. The standard InChI is InChI=1S/C15H19N3O/c1-3-7-18-8-6-17-15(18)10-14(19)12-9-11(2)4-5-13(12)16/h4-6,8-9H,3,7,10,16H2,1-2H3. The van der Waals surface area contributed by atoms with Crippen molar-refractivity contribution in [2.45, 2.75) is 33.2 Å².